The third kappa shape index (κ3) is 0.541. The smallest absolute Gasteiger partial charge is 0.450 e. The van der Waals surface area contributed by atoms with E-state index in [1.54, 1.807) is 4.80 Å². The molecule has 2 bridgehead atoms. The average Bonchev–Trinajstić information content (AvgIpc) is 2.53. The minimum Gasteiger partial charge on any atom is -0.450 e. The fraction of sp³-hybridized carbons (Fsp3) is 0.857. The Bertz CT molecular complexity index is 310. The third-order valence-electron chi connectivity index (χ3n) is 2.94. The van der Waals surface area contributed by atoms with E-state index in [2.05, 4.69) is 4.74 Å². The highest BCUT2D eigenvalue weighted by Crippen LogP contribution is 2.47. The van der Waals surface area contributed by atoms with Crippen molar-refractivity contribution in [2.24, 2.45) is 0 Å². The minimum absolute atomic E-state index is 0.258. The molecule has 2 unspecified atom stereocenters. The second-order valence-corrected chi connectivity index (χ2v) is 3.52. The summed E-state index contributed by atoms with van der Waals surface area (Å²) in [6, 6.07) is 1.13. The summed E-state index contributed by atoms with van der Waals surface area (Å²) >= 11 is 0. The molecule has 1 aliphatic heterocycles. The van der Waals surface area contributed by atoms with Gasteiger partial charge in [0.25, 0.3) is 0 Å². The van der Waals surface area contributed by atoms with Crippen LogP contribution < -0.4 is 0 Å². The van der Waals surface area contributed by atoms with E-state index in [-0.39, 0.29) is 6.09 Å². The maximum absolute atomic E-state index is 11.1. The molecule has 1 aromatic heterocycles. The molecule has 3 rings (SSSR count). The van der Waals surface area contributed by atoms with Crippen LogP contribution in [0.25, 0.3) is 0 Å². The summed E-state index contributed by atoms with van der Waals surface area (Å²) in [5, 5.41) is 0. The van der Waals surface area contributed by atoms with Gasteiger partial charge in [0.1, 0.15) is 0 Å². The zero-order valence-electron chi connectivity index (χ0n) is 6.93. The topological polar surface area (TPSA) is 41.1 Å². The Morgan fingerprint density at radius 2 is 1.92 bits per heavy atom. The molecule has 0 radical (unpaired) electrons. The van der Waals surface area contributed by atoms with E-state index in [0.717, 1.165) is 0 Å². The van der Waals surface area contributed by atoms with Crippen LogP contribution in [-0.2, 0) is 4.74 Å². The number of nitrogens with zero attached hydrogens (tertiary/aromatic N) is 3. The van der Waals surface area contributed by atoms with E-state index in [0.29, 0.717) is 12.1 Å². The Balaban J connectivity index is 1.95. The van der Waals surface area contributed by atoms with Crippen LogP contribution in [0.4, 0.5) is 4.79 Å². The first-order chi connectivity index (χ1) is 5.83. The van der Waals surface area contributed by atoms with Crippen molar-refractivity contribution in [1.82, 2.24) is 14.4 Å². The molecule has 0 N–H and O–H groups in total. The molecule has 2 aliphatic rings. The van der Waals surface area contributed by atoms with Crippen molar-refractivity contribution in [1.29, 1.82) is 0 Å². The maximum atomic E-state index is 11.1. The number of carbonyl (C=O) groups is 1. The van der Waals surface area contributed by atoms with Crippen LogP contribution in [0.3, 0.4) is 0 Å². The Labute approximate surface area is 69.4 Å². The highest BCUT2D eigenvalue weighted by Gasteiger charge is 2.47. The second-order valence-electron chi connectivity index (χ2n) is 3.52. The molecule has 1 saturated carbocycles. The molecule has 2 atom stereocenters. The molecule has 0 amide bonds. The summed E-state index contributed by atoms with van der Waals surface area (Å²) in [4.78, 5) is 16.8. The fourth-order valence-electron chi connectivity index (χ4n) is 2.39. The van der Waals surface area contributed by atoms with Crippen LogP contribution in [0.5, 0.6) is 0 Å². The molecular formula is C7H11N3O2. The molecule has 5 nitrogen and oxygen atoms in total. The summed E-state index contributed by atoms with van der Waals surface area (Å²) < 4.78 is 4.64. The first kappa shape index (κ1) is 6.39. The Hall–Kier alpha value is -1.13. The van der Waals surface area contributed by atoms with Crippen molar-refractivity contribution in [2.45, 2.75) is 31.3 Å². The van der Waals surface area contributed by atoms with Crippen molar-refractivity contribution in [2.75, 3.05) is 7.11 Å². The molecule has 0 aromatic carbocycles. The van der Waals surface area contributed by atoms with Gasteiger partial charge in [-0.25, -0.2) is 4.79 Å². The van der Waals surface area contributed by atoms with Crippen molar-refractivity contribution in [3.05, 3.63) is 0 Å². The first-order valence-electron chi connectivity index (χ1n) is 4.29. The number of aromatic nitrogens is 3. The number of carbonyl (C=O) groups excluding carboxylic acids is 1. The summed E-state index contributed by atoms with van der Waals surface area (Å²) in [6.07, 6.45) is 3.39. The van der Waals surface area contributed by atoms with Crippen LogP contribution in [0, 0.1) is 0 Å². The Kier molecular flexibility index (Phi) is 0.950. The van der Waals surface area contributed by atoms with Gasteiger partial charge in [-0.2, -0.15) is 9.59 Å². The number of hydrogen-bond donors (Lipinski definition) is 0. The van der Waals surface area contributed by atoms with Crippen LogP contribution in [0.2, 0.25) is 0 Å². The molecule has 1 fully saturated rings. The molecule has 0 spiro atoms. The summed E-state index contributed by atoms with van der Waals surface area (Å²) in [7, 11) is 1.42. The van der Waals surface area contributed by atoms with Crippen molar-refractivity contribution >= 4 is 6.09 Å². The van der Waals surface area contributed by atoms with Gasteiger partial charge in [0.15, 0.2) is 0 Å². The molecule has 5 heteroatoms. The number of ether oxygens (including phenoxy) is 1. The van der Waals surface area contributed by atoms with Gasteiger partial charge in [-0.3, -0.25) is 0 Å². The maximum Gasteiger partial charge on any atom is 0.451 e. The lowest BCUT2D eigenvalue weighted by Gasteiger charge is -1.99. The monoisotopic (exact) mass is 169 g/mol. The van der Waals surface area contributed by atoms with Crippen LogP contribution in [-0.4, -0.2) is 27.6 Å². The zero-order valence-corrected chi connectivity index (χ0v) is 6.93. The predicted molar refractivity (Wildman–Crippen MR) is 40.1 cm³/mol. The van der Waals surface area contributed by atoms with Gasteiger partial charge in [0.05, 0.1) is 19.2 Å². The van der Waals surface area contributed by atoms with E-state index in [9.17, 15) is 4.79 Å². The summed E-state index contributed by atoms with van der Waals surface area (Å²) in [5.41, 5.74) is 0. The quantitative estimate of drug-likeness (QED) is 0.581. The number of methoxy groups -OCH3 is 1. The number of hydrogen-bond acceptors (Lipinski definition) is 2. The predicted octanol–water partition coefficient (Wildman–Crippen LogP) is 0.985. The fourth-order valence-corrected chi connectivity index (χ4v) is 2.39. The van der Waals surface area contributed by atoms with E-state index < -0.39 is 0 Å². The van der Waals surface area contributed by atoms with Gasteiger partial charge in [0.2, 0.25) is 0 Å². The van der Waals surface area contributed by atoms with Gasteiger partial charge in [0, 0.05) is 0 Å². The van der Waals surface area contributed by atoms with Crippen LogP contribution >= 0.6 is 0 Å². The van der Waals surface area contributed by atoms with E-state index in [1.807, 2.05) is 9.59 Å². The van der Waals surface area contributed by atoms with E-state index in [4.69, 9.17) is 0 Å². The summed E-state index contributed by atoms with van der Waals surface area (Å²) in [6.45, 7) is 0. The highest BCUT2D eigenvalue weighted by atomic mass is 16.6. The standard InChI is InChI=1S/C7H11N3O2/c1-12-7(11)10-8-5-2-3-6(4-5)9(8)10/h5-6H,2-4H2,1H3. The molecule has 1 aromatic rings. The van der Waals surface area contributed by atoms with Crippen molar-refractivity contribution < 1.29 is 9.53 Å². The molecule has 12 heavy (non-hydrogen) atoms. The van der Waals surface area contributed by atoms with E-state index in [1.165, 1.54) is 26.4 Å². The Morgan fingerprint density at radius 3 is 2.42 bits per heavy atom. The second kappa shape index (κ2) is 1.78. The van der Waals surface area contributed by atoms with Gasteiger partial charge in [-0.15, -0.1) is 0 Å². The third-order valence-corrected chi connectivity index (χ3v) is 2.94. The molecule has 0 saturated heterocycles. The minimum atomic E-state index is -0.258. The van der Waals surface area contributed by atoms with Gasteiger partial charge < -0.3 is 4.74 Å². The van der Waals surface area contributed by atoms with Crippen molar-refractivity contribution in [3.8, 4) is 0 Å². The van der Waals surface area contributed by atoms with Gasteiger partial charge >= 0.3 is 6.09 Å². The summed E-state index contributed by atoms with van der Waals surface area (Å²) in [5.74, 6) is 0. The van der Waals surface area contributed by atoms with Gasteiger partial charge in [-0.1, -0.05) is 4.80 Å². The SMILES string of the molecule is COC(=O)n1n2n1C1CCC2C1. The number of fused-ring (bicyclic) bond motifs is 5. The molecule has 2 heterocycles. The average molecular weight is 169 g/mol. The van der Waals surface area contributed by atoms with Crippen LogP contribution in [0.1, 0.15) is 31.3 Å². The number of rotatable bonds is 0. The molecule has 1 aliphatic carbocycles. The van der Waals surface area contributed by atoms with Gasteiger partial charge in [-0.05, 0) is 19.3 Å². The lowest BCUT2D eigenvalue weighted by molar-refractivity contribution is 0.167. The van der Waals surface area contributed by atoms with E-state index >= 15 is 0 Å². The van der Waals surface area contributed by atoms with Crippen molar-refractivity contribution in [3.63, 3.8) is 0 Å². The lowest BCUT2D eigenvalue weighted by atomic mass is 10.3. The molecule has 66 valence electrons. The highest BCUT2D eigenvalue weighted by molar-refractivity contribution is 5.69. The normalized spacial score (nSPS) is 31.1. The largest absolute Gasteiger partial charge is 0.451 e. The lowest BCUT2D eigenvalue weighted by Crippen LogP contribution is -2.12. The first-order valence-corrected chi connectivity index (χ1v) is 4.29. The molecular weight excluding hydrogens is 158 g/mol. The Morgan fingerprint density at radius 1 is 1.33 bits per heavy atom. The van der Waals surface area contributed by atoms with Crippen LogP contribution in [0.15, 0.2) is 0 Å². The zero-order chi connectivity index (χ0) is 8.29.